The molecule has 4 aromatic heterocycles. The Labute approximate surface area is 531 Å². The van der Waals surface area contributed by atoms with E-state index in [-0.39, 0.29) is 60.1 Å². The third kappa shape index (κ3) is 11.0. The Balaban J connectivity index is 0.000000164. The number of nitrogens with zero attached hydrogens (tertiary/aromatic N) is 10. The number of aromatic nitrogens is 6. The van der Waals surface area contributed by atoms with E-state index in [1.165, 1.54) is 12.1 Å². The van der Waals surface area contributed by atoms with Crippen LogP contribution in [-0.2, 0) is 0 Å². The van der Waals surface area contributed by atoms with Crippen LogP contribution in [0.4, 0.5) is 20.2 Å². The zero-order chi connectivity index (χ0) is 61.3. The summed E-state index contributed by atoms with van der Waals surface area (Å²) in [4.78, 5) is 80.7. The number of anilines is 2. The van der Waals surface area contributed by atoms with Gasteiger partial charge in [-0.3, -0.25) is 39.1 Å². The molecule has 10 aromatic rings. The largest absolute Gasteiger partial charge is 0.451 e. The molecular formula is C72H74F2N12O6. The summed E-state index contributed by atoms with van der Waals surface area (Å²) in [5, 5.41) is 10.0. The number of pyridine rings is 2. The van der Waals surface area contributed by atoms with E-state index in [4.69, 9.17) is 9.47 Å². The van der Waals surface area contributed by atoms with E-state index < -0.39 is 34.3 Å². The van der Waals surface area contributed by atoms with Gasteiger partial charge < -0.3 is 48.8 Å². The van der Waals surface area contributed by atoms with E-state index in [1.807, 2.05) is 91.7 Å². The molecule has 92 heavy (non-hydrogen) atoms. The number of halogens is 2. The van der Waals surface area contributed by atoms with Crippen LogP contribution in [0.2, 0.25) is 0 Å². The van der Waals surface area contributed by atoms with Crippen molar-refractivity contribution in [2.45, 2.75) is 90.1 Å². The summed E-state index contributed by atoms with van der Waals surface area (Å²) in [6.45, 7) is 5.26. The van der Waals surface area contributed by atoms with E-state index >= 15 is 8.78 Å². The molecule has 6 aliphatic heterocycles. The molecule has 3 unspecified atom stereocenters. The van der Waals surface area contributed by atoms with Crippen molar-refractivity contribution >= 4 is 66.5 Å². The molecule has 0 radical (unpaired) electrons. The molecule has 6 aromatic carbocycles. The molecular weight excluding hydrogens is 1170 g/mol. The van der Waals surface area contributed by atoms with Crippen LogP contribution in [0.3, 0.4) is 0 Å². The van der Waals surface area contributed by atoms with Crippen molar-refractivity contribution in [3.05, 3.63) is 189 Å². The van der Waals surface area contributed by atoms with E-state index in [9.17, 15) is 19.2 Å². The molecule has 18 nitrogen and oxygen atoms in total. The lowest BCUT2D eigenvalue weighted by atomic mass is 10.0. The fourth-order valence-electron chi connectivity index (χ4n) is 14.5. The number of amides is 2. The van der Waals surface area contributed by atoms with E-state index in [1.54, 1.807) is 49.6 Å². The average molecular weight is 1240 g/mol. The standard InChI is InChI=1S/2C35H33FN6O3.2CH4/c2*1-40-13-4-7-24(40)8-10-39-35(44)26-20-42-29-15-21-5-2-3-6-22(21)16-30(29)45-34-31(42)25(33(26)43)17-27(36)32(34)41-14-9-23(19-41)28-18-37-11-12-38-28;;/h2*2-3,5-6,11-12,15-18,20,23-24H,4,7-10,13-14,19H2,1H3,(H,39,44);2*1H4/t23?,24-;;;/m0.../s1. The van der Waals surface area contributed by atoms with Crippen LogP contribution in [0.15, 0.2) is 144 Å². The fourth-order valence-corrected chi connectivity index (χ4v) is 14.5. The lowest BCUT2D eigenvalue weighted by Gasteiger charge is -2.29. The maximum atomic E-state index is 16.3. The lowest BCUT2D eigenvalue weighted by molar-refractivity contribution is 0.0940. The number of carbonyl (C=O) groups is 2. The van der Waals surface area contributed by atoms with Gasteiger partial charge in [-0.1, -0.05) is 63.4 Å². The minimum Gasteiger partial charge on any atom is -0.451 e. The van der Waals surface area contributed by atoms with Crippen molar-refractivity contribution in [1.82, 2.24) is 49.5 Å². The maximum Gasteiger partial charge on any atom is 0.256 e. The number of hydrogen-bond donors (Lipinski definition) is 2. The molecule has 6 aliphatic rings. The smallest absolute Gasteiger partial charge is 0.256 e. The van der Waals surface area contributed by atoms with Gasteiger partial charge in [0.15, 0.2) is 34.6 Å². The summed E-state index contributed by atoms with van der Waals surface area (Å²) in [5.41, 5.74) is 3.52. The molecule has 2 N–H and O–H groups in total. The van der Waals surface area contributed by atoms with E-state index in [2.05, 4.69) is 54.5 Å². The van der Waals surface area contributed by atoms with Crippen LogP contribution in [-0.4, -0.2) is 129 Å². The second-order valence-electron chi connectivity index (χ2n) is 24.7. The molecule has 10 heterocycles. The highest BCUT2D eigenvalue weighted by atomic mass is 19.1. The quantitative estimate of drug-likeness (QED) is 0.118. The first-order chi connectivity index (χ1) is 43.9. The van der Waals surface area contributed by atoms with Gasteiger partial charge in [0.25, 0.3) is 11.8 Å². The normalized spacial score (nSPS) is 18.8. The van der Waals surface area contributed by atoms with Gasteiger partial charge in [0.1, 0.15) is 33.5 Å². The first-order valence-electron chi connectivity index (χ1n) is 31.2. The van der Waals surface area contributed by atoms with Gasteiger partial charge in [-0.2, -0.15) is 0 Å². The summed E-state index contributed by atoms with van der Waals surface area (Å²) in [6, 6.07) is 27.0. The predicted octanol–water partition coefficient (Wildman–Crippen LogP) is 12.0. The Hall–Kier alpha value is -9.66. The summed E-state index contributed by atoms with van der Waals surface area (Å²) in [6.07, 6.45) is 21.0. The van der Waals surface area contributed by atoms with Crippen LogP contribution in [0.25, 0.3) is 54.7 Å². The predicted molar refractivity (Wildman–Crippen MR) is 356 cm³/mol. The number of fused-ring (bicyclic) bond motifs is 6. The fraction of sp³-hybridized carbons (Fsp3) is 0.333. The van der Waals surface area contributed by atoms with Crippen molar-refractivity contribution in [1.29, 1.82) is 0 Å². The molecule has 0 bridgehead atoms. The third-order valence-corrected chi connectivity index (χ3v) is 19.3. The highest BCUT2D eigenvalue weighted by Crippen LogP contribution is 2.51. The minimum atomic E-state index is -0.563. The topological polar surface area (TPSA) is 185 Å². The van der Waals surface area contributed by atoms with Crippen LogP contribution < -0.4 is 40.8 Å². The summed E-state index contributed by atoms with van der Waals surface area (Å²) >= 11 is 0. The monoisotopic (exact) mass is 1240 g/mol. The first-order valence-corrected chi connectivity index (χ1v) is 31.2. The molecule has 0 saturated carbocycles. The molecule has 4 fully saturated rings. The number of hydrogen-bond acceptors (Lipinski definition) is 14. The maximum absolute atomic E-state index is 16.3. The SMILES string of the molecule is C.C.CN1CCCC1CCNC(=O)c1cn2c3c(c(N4CCC(c5cnccn5)C4)c(F)cc3c1=O)Oc1cc3ccccc3cc1-2.CN1CCC[C@H]1CCNC(=O)c1cn2c3c(c(N4CCC(c5cnccn5)C4)c(F)cc3c1=O)Oc1cc3ccccc3cc1-2. The molecule has 16 rings (SSSR count). The zero-order valence-corrected chi connectivity index (χ0v) is 50.0. The van der Waals surface area contributed by atoms with Crippen molar-refractivity contribution in [3.63, 3.8) is 0 Å². The number of rotatable bonds is 12. The summed E-state index contributed by atoms with van der Waals surface area (Å²) in [5.74, 6) is -0.274. The Morgan fingerprint density at radius 3 is 1.35 bits per heavy atom. The Morgan fingerprint density at radius 2 is 0.967 bits per heavy atom. The molecule has 0 spiro atoms. The number of likely N-dealkylation sites (tertiary alicyclic amines) is 2. The minimum absolute atomic E-state index is 0. The van der Waals surface area contributed by atoms with Crippen molar-refractivity contribution < 1.29 is 27.8 Å². The third-order valence-electron chi connectivity index (χ3n) is 19.3. The zero-order valence-electron chi connectivity index (χ0n) is 50.0. The second kappa shape index (κ2) is 25.2. The number of ether oxygens (including phenoxy) is 2. The van der Waals surface area contributed by atoms with Gasteiger partial charge in [0, 0.05) is 113 Å². The van der Waals surface area contributed by atoms with Gasteiger partial charge in [-0.15, -0.1) is 0 Å². The van der Waals surface area contributed by atoms with Crippen molar-refractivity contribution in [2.24, 2.45) is 0 Å². The lowest BCUT2D eigenvalue weighted by Crippen LogP contribution is -2.34. The highest BCUT2D eigenvalue weighted by molar-refractivity contribution is 6.04. The van der Waals surface area contributed by atoms with E-state index in [0.29, 0.717) is 96.6 Å². The highest BCUT2D eigenvalue weighted by Gasteiger charge is 2.37. The Morgan fingerprint density at radius 1 is 0.554 bits per heavy atom. The van der Waals surface area contributed by atoms with Crippen LogP contribution >= 0.6 is 0 Å². The van der Waals surface area contributed by atoms with Crippen molar-refractivity contribution in [3.8, 4) is 34.4 Å². The van der Waals surface area contributed by atoms with Crippen LogP contribution in [0, 0.1) is 11.6 Å². The average Bonchev–Trinajstić information content (AvgIpc) is 0.785. The van der Waals surface area contributed by atoms with Gasteiger partial charge in [0.05, 0.1) is 33.5 Å². The first kappa shape index (κ1) is 61.2. The summed E-state index contributed by atoms with van der Waals surface area (Å²) < 4.78 is 49.2. The van der Waals surface area contributed by atoms with Crippen LogP contribution in [0.1, 0.15) is 110 Å². The molecule has 0 aliphatic carbocycles. The molecule has 2 amide bonds. The van der Waals surface area contributed by atoms with Gasteiger partial charge in [-0.25, -0.2) is 8.78 Å². The number of nitrogens with one attached hydrogen (secondary N) is 2. The van der Waals surface area contributed by atoms with E-state index in [0.717, 1.165) is 97.4 Å². The molecule has 472 valence electrons. The van der Waals surface area contributed by atoms with Gasteiger partial charge >= 0.3 is 0 Å². The molecule has 4 atom stereocenters. The molecule has 20 heteroatoms. The Kier molecular flexibility index (Phi) is 16.8. The van der Waals surface area contributed by atoms with Crippen LogP contribution in [0.5, 0.6) is 23.0 Å². The molecule has 4 saturated heterocycles. The Bertz CT molecular complexity index is 4350. The second-order valence-corrected chi connectivity index (χ2v) is 24.7. The van der Waals surface area contributed by atoms with Gasteiger partial charge in [-0.05, 0) is 136 Å². The summed E-state index contributed by atoms with van der Waals surface area (Å²) in [7, 11) is 4.20. The number of carbonyl (C=O) groups excluding carboxylic acids is 2. The van der Waals surface area contributed by atoms with Crippen molar-refractivity contribution in [2.75, 3.05) is 76.3 Å². The van der Waals surface area contributed by atoms with Gasteiger partial charge in [0.2, 0.25) is 10.9 Å². The number of benzene rings is 6.